The molecule has 0 aliphatic heterocycles. The van der Waals surface area contributed by atoms with E-state index in [0.717, 1.165) is 44.9 Å². The van der Waals surface area contributed by atoms with E-state index in [1.807, 2.05) is 0 Å². The Morgan fingerprint density at radius 1 is 0.933 bits per heavy atom. The molecule has 1 atom stereocenters. The molecule has 0 heterocycles. The number of carbonyl (C=O) groups excluding carboxylic acids is 1. The first-order valence-electron chi connectivity index (χ1n) is 6.11. The van der Waals surface area contributed by atoms with Crippen LogP contribution in [-0.2, 0) is 4.79 Å². The van der Waals surface area contributed by atoms with Gasteiger partial charge < -0.3 is 0 Å². The third-order valence-electron chi connectivity index (χ3n) is 3.01. The van der Waals surface area contributed by atoms with Crippen molar-refractivity contribution in [2.75, 3.05) is 0 Å². The Hall–Kier alpha value is -0.850. The molecule has 0 N–H and O–H groups in total. The van der Waals surface area contributed by atoms with Gasteiger partial charge in [-0.05, 0) is 51.9 Å². The molecule has 0 bridgehead atoms. The van der Waals surface area contributed by atoms with E-state index in [9.17, 15) is 4.79 Å². The minimum Gasteiger partial charge on any atom is -0.300 e. The molecule has 1 aliphatic carbocycles. The summed E-state index contributed by atoms with van der Waals surface area (Å²) in [5.41, 5.74) is 0. The lowest BCUT2D eigenvalue weighted by Crippen LogP contribution is -2.10. The molecule has 1 aliphatic rings. The van der Waals surface area contributed by atoms with Crippen LogP contribution in [0.4, 0.5) is 0 Å². The van der Waals surface area contributed by atoms with Crippen molar-refractivity contribution in [2.45, 2.75) is 51.9 Å². The lowest BCUT2D eigenvalue weighted by Gasteiger charge is -2.11. The average molecular weight is 206 g/mol. The SMILES string of the molecule is CC(=O)C1CCC=CCCC=CCCC1. The molecule has 0 aromatic carbocycles. The smallest absolute Gasteiger partial charge is 0.132 e. The maximum Gasteiger partial charge on any atom is 0.132 e. The van der Waals surface area contributed by atoms with Crippen LogP contribution >= 0.6 is 0 Å². The summed E-state index contributed by atoms with van der Waals surface area (Å²) in [6.07, 6.45) is 16.7. The fourth-order valence-electron chi connectivity index (χ4n) is 1.99. The largest absolute Gasteiger partial charge is 0.300 e. The van der Waals surface area contributed by atoms with Crippen molar-refractivity contribution < 1.29 is 4.79 Å². The first-order chi connectivity index (χ1) is 7.30. The molecule has 0 radical (unpaired) electrons. The van der Waals surface area contributed by atoms with Crippen molar-refractivity contribution in [1.29, 1.82) is 0 Å². The summed E-state index contributed by atoms with van der Waals surface area (Å²) in [4.78, 5) is 11.4. The lowest BCUT2D eigenvalue weighted by atomic mass is 9.92. The predicted octanol–water partition coefficient (Wildman–Crippen LogP) is 4.05. The van der Waals surface area contributed by atoms with Gasteiger partial charge in [0.25, 0.3) is 0 Å². The fraction of sp³-hybridized carbons (Fsp3) is 0.643. The Kier molecular flexibility index (Phi) is 6.06. The molecular weight excluding hydrogens is 184 g/mol. The maximum atomic E-state index is 11.4. The van der Waals surface area contributed by atoms with Gasteiger partial charge >= 0.3 is 0 Å². The Morgan fingerprint density at radius 3 is 2.20 bits per heavy atom. The van der Waals surface area contributed by atoms with Crippen LogP contribution in [0.25, 0.3) is 0 Å². The molecule has 0 spiro atoms. The number of Topliss-reactive ketones (excluding diaryl/α,β-unsaturated/α-hetero) is 1. The van der Waals surface area contributed by atoms with Gasteiger partial charge in [0.05, 0.1) is 0 Å². The zero-order chi connectivity index (χ0) is 10.9. The third-order valence-corrected chi connectivity index (χ3v) is 3.01. The Bertz CT molecular complexity index is 238. The van der Waals surface area contributed by atoms with Crippen LogP contribution in [-0.4, -0.2) is 5.78 Å². The van der Waals surface area contributed by atoms with Crippen molar-refractivity contribution >= 4 is 5.78 Å². The van der Waals surface area contributed by atoms with E-state index in [-0.39, 0.29) is 0 Å². The van der Waals surface area contributed by atoms with Gasteiger partial charge in [-0.15, -0.1) is 0 Å². The maximum absolute atomic E-state index is 11.4. The number of hydrogen-bond acceptors (Lipinski definition) is 1. The number of rotatable bonds is 1. The highest BCUT2D eigenvalue weighted by atomic mass is 16.1. The zero-order valence-electron chi connectivity index (χ0n) is 9.74. The van der Waals surface area contributed by atoms with Gasteiger partial charge in [0.1, 0.15) is 5.78 Å². The van der Waals surface area contributed by atoms with Crippen LogP contribution in [0.3, 0.4) is 0 Å². The number of allylic oxidation sites excluding steroid dienone is 4. The van der Waals surface area contributed by atoms with Crippen molar-refractivity contribution in [2.24, 2.45) is 5.92 Å². The van der Waals surface area contributed by atoms with Crippen LogP contribution in [0.5, 0.6) is 0 Å². The molecule has 0 fully saturated rings. The molecular formula is C14H22O. The molecule has 1 unspecified atom stereocenters. The van der Waals surface area contributed by atoms with E-state index >= 15 is 0 Å². The van der Waals surface area contributed by atoms with E-state index in [1.54, 1.807) is 6.92 Å². The third kappa shape index (κ3) is 5.56. The summed E-state index contributed by atoms with van der Waals surface area (Å²) in [7, 11) is 0. The van der Waals surface area contributed by atoms with Gasteiger partial charge in [-0.1, -0.05) is 24.3 Å². The number of hydrogen-bond donors (Lipinski definition) is 0. The van der Waals surface area contributed by atoms with Gasteiger partial charge in [-0.3, -0.25) is 4.79 Å². The Morgan fingerprint density at radius 2 is 1.53 bits per heavy atom. The highest BCUT2D eigenvalue weighted by Gasteiger charge is 2.12. The Labute approximate surface area is 93.3 Å². The summed E-state index contributed by atoms with van der Waals surface area (Å²) < 4.78 is 0. The molecule has 0 amide bonds. The second-order valence-corrected chi connectivity index (χ2v) is 4.34. The van der Waals surface area contributed by atoms with Crippen molar-refractivity contribution in [1.82, 2.24) is 0 Å². The number of carbonyl (C=O) groups is 1. The molecule has 0 saturated carbocycles. The van der Waals surface area contributed by atoms with Crippen molar-refractivity contribution in [3.8, 4) is 0 Å². The summed E-state index contributed by atoms with van der Waals surface area (Å²) in [6, 6.07) is 0. The monoisotopic (exact) mass is 206 g/mol. The molecule has 0 aromatic heterocycles. The summed E-state index contributed by atoms with van der Waals surface area (Å²) >= 11 is 0. The van der Waals surface area contributed by atoms with Gasteiger partial charge in [0, 0.05) is 5.92 Å². The van der Waals surface area contributed by atoms with Gasteiger partial charge in [0.15, 0.2) is 0 Å². The first-order valence-corrected chi connectivity index (χ1v) is 6.11. The van der Waals surface area contributed by atoms with E-state index < -0.39 is 0 Å². The molecule has 1 nitrogen and oxygen atoms in total. The first kappa shape index (κ1) is 12.2. The summed E-state index contributed by atoms with van der Waals surface area (Å²) in [6.45, 7) is 1.73. The predicted molar refractivity (Wildman–Crippen MR) is 64.8 cm³/mol. The molecule has 1 heteroatoms. The van der Waals surface area contributed by atoms with Crippen molar-refractivity contribution in [3.05, 3.63) is 24.3 Å². The minimum absolute atomic E-state index is 0.294. The Balaban J connectivity index is 2.44. The highest BCUT2D eigenvalue weighted by Crippen LogP contribution is 2.17. The topological polar surface area (TPSA) is 17.1 Å². The van der Waals surface area contributed by atoms with E-state index in [0.29, 0.717) is 11.7 Å². The average Bonchev–Trinajstić information content (AvgIpc) is 2.18. The minimum atomic E-state index is 0.294. The molecule has 0 saturated heterocycles. The van der Waals surface area contributed by atoms with Crippen LogP contribution in [0, 0.1) is 5.92 Å². The van der Waals surface area contributed by atoms with E-state index in [1.165, 1.54) is 0 Å². The zero-order valence-corrected chi connectivity index (χ0v) is 9.74. The number of ketones is 1. The van der Waals surface area contributed by atoms with Crippen LogP contribution in [0.2, 0.25) is 0 Å². The second-order valence-electron chi connectivity index (χ2n) is 4.34. The van der Waals surface area contributed by atoms with Crippen molar-refractivity contribution in [3.63, 3.8) is 0 Å². The van der Waals surface area contributed by atoms with Crippen LogP contribution in [0.1, 0.15) is 51.9 Å². The quantitative estimate of drug-likeness (QED) is 0.591. The van der Waals surface area contributed by atoms with E-state index in [2.05, 4.69) is 24.3 Å². The van der Waals surface area contributed by atoms with Gasteiger partial charge in [0.2, 0.25) is 0 Å². The van der Waals surface area contributed by atoms with Gasteiger partial charge in [-0.25, -0.2) is 0 Å². The summed E-state index contributed by atoms with van der Waals surface area (Å²) in [5.74, 6) is 0.659. The fourth-order valence-corrected chi connectivity index (χ4v) is 1.99. The molecule has 0 aromatic rings. The van der Waals surface area contributed by atoms with Crippen LogP contribution in [0.15, 0.2) is 24.3 Å². The molecule has 15 heavy (non-hydrogen) atoms. The molecule has 84 valence electrons. The van der Waals surface area contributed by atoms with Crippen LogP contribution < -0.4 is 0 Å². The second kappa shape index (κ2) is 7.44. The standard InChI is InChI=1S/C14H22O/c1-13(15)14-11-9-7-5-3-2-4-6-8-10-12-14/h3,5-6,8,14H,2,4,7,9-12H2,1H3. The highest BCUT2D eigenvalue weighted by molar-refractivity contribution is 5.78. The normalized spacial score (nSPS) is 24.2. The van der Waals surface area contributed by atoms with E-state index in [4.69, 9.17) is 0 Å². The summed E-state index contributed by atoms with van der Waals surface area (Å²) in [5, 5.41) is 0. The van der Waals surface area contributed by atoms with Gasteiger partial charge in [-0.2, -0.15) is 0 Å². The lowest BCUT2D eigenvalue weighted by molar-refractivity contribution is -0.121. The molecule has 1 rings (SSSR count).